The highest BCUT2D eigenvalue weighted by Crippen LogP contribution is 2.20. The summed E-state index contributed by atoms with van der Waals surface area (Å²) in [5.74, 6) is -1.01. The van der Waals surface area contributed by atoms with Crippen LogP contribution in [0.4, 0.5) is 8.78 Å². The molecule has 28 heavy (non-hydrogen) atoms. The van der Waals surface area contributed by atoms with Crippen LogP contribution in [0, 0.1) is 25.5 Å². The normalized spacial score (nSPS) is 12.4. The maximum absolute atomic E-state index is 13.9. The maximum atomic E-state index is 13.9. The summed E-state index contributed by atoms with van der Waals surface area (Å²) in [6.45, 7) is 5.46. The second kappa shape index (κ2) is 8.22. The minimum atomic E-state index is -0.676. The highest BCUT2D eigenvalue weighted by Gasteiger charge is 2.17. The molecule has 0 spiro atoms. The van der Waals surface area contributed by atoms with Gasteiger partial charge in [0.25, 0.3) is 5.78 Å². The quantitative estimate of drug-likeness (QED) is 0.635. The number of amides is 1. The van der Waals surface area contributed by atoms with Gasteiger partial charge in [-0.25, -0.2) is 18.3 Å². The Morgan fingerprint density at radius 1 is 1.29 bits per heavy atom. The lowest BCUT2D eigenvalue weighted by atomic mass is 10.0. The zero-order valence-corrected chi connectivity index (χ0v) is 16.9. The second-order valence-corrected chi connectivity index (χ2v) is 7.30. The average molecular weight is 405 g/mol. The van der Waals surface area contributed by atoms with Crippen molar-refractivity contribution in [1.82, 2.24) is 24.9 Å². The number of aromatic nitrogens is 4. The van der Waals surface area contributed by atoms with Crippen molar-refractivity contribution in [1.29, 1.82) is 0 Å². The van der Waals surface area contributed by atoms with Crippen molar-refractivity contribution < 1.29 is 13.6 Å². The Kier molecular flexibility index (Phi) is 5.93. The zero-order chi connectivity index (χ0) is 20.4. The molecule has 1 N–H and O–H groups in total. The molecule has 0 saturated carbocycles. The van der Waals surface area contributed by atoms with Crippen LogP contribution < -0.4 is 5.32 Å². The number of aryl methyl sites for hydroxylation is 2. The van der Waals surface area contributed by atoms with E-state index in [1.165, 1.54) is 23.9 Å². The lowest BCUT2D eigenvalue weighted by Gasteiger charge is -2.16. The van der Waals surface area contributed by atoms with Crippen molar-refractivity contribution in [3.63, 3.8) is 0 Å². The fourth-order valence-corrected chi connectivity index (χ4v) is 3.46. The van der Waals surface area contributed by atoms with E-state index in [-0.39, 0.29) is 17.9 Å². The molecule has 0 aliphatic rings. The molecule has 0 aliphatic heterocycles. The molecule has 0 unspecified atom stereocenters. The van der Waals surface area contributed by atoms with E-state index >= 15 is 0 Å². The van der Waals surface area contributed by atoms with Crippen molar-refractivity contribution in [3.05, 3.63) is 52.3 Å². The van der Waals surface area contributed by atoms with Crippen LogP contribution in [0.5, 0.6) is 0 Å². The summed E-state index contributed by atoms with van der Waals surface area (Å²) in [4.78, 5) is 21.2. The van der Waals surface area contributed by atoms with E-state index in [1.54, 1.807) is 11.4 Å². The molecule has 0 fully saturated rings. The van der Waals surface area contributed by atoms with E-state index in [9.17, 15) is 13.6 Å². The van der Waals surface area contributed by atoms with E-state index in [4.69, 9.17) is 0 Å². The molecule has 9 heteroatoms. The molecule has 1 aromatic carbocycles. The van der Waals surface area contributed by atoms with Gasteiger partial charge in [-0.05, 0) is 45.1 Å². The monoisotopic (exact) mass is 405 g/mol. The van der Waals surface area contributed by atoms with Crippen LogP contribution in [0.1, 0.15) is 41.9 Å². The number of carbonyl (C=O) groups is 1. The van der Waals surface area contributed by atoms with Gasteiger partial charge in [0.2, 0.25) is 11.1 Å². The third-order valence-corrected chi connectivity index (χ3v) is 5.16. The second-order valence-electron chi connectivity index (χ2n) is 6.53. The Hall–Kier alpha value is -2.55. The van der Waals surface area contributed by atoms with Gasteiger partial charge in [-0.3, -0.25) is 4.79 Å². The predicted molar refractivity (Wildman–Crippen MR) is 103 cm³/mol. The number of thioether (sulfide) groups is 1. The number of benzene rings is 1. The lowest BCUT2D eigenvalue weighted by Crippen LogP contribution is -2.27. The SMILES string of the molecule is CSc1nc2nc(C)c(CCC(=O)N[C@H](C)c3ccc(F)cc3F)c(C)n2n1. The first-order valence-electron chi connectivity index (χ1n) is 8.81. The van der Waals surface area contributed by atoms with E-state index in [2.05, 4.69) is 20.4 Å². The third-order valence-electron chi connectivity index (χ3n) is 4.62. The summed E-state index contributed by atoms with van der Waals surface area (Å²) < 4.78 is 28.6. The molecule has 0 saturated heterocycles. The molecular formula is C19H21F2N5OS. The molecule has 0 bridgehead atoms. The largest absolute Gasteiger partial charge is 0.349 e. The van der Waals surface area contributed by atoms with Gasteiger partial charge in [-0.2, -0.15) is 4.98 Å². The van der Waals surface area contributed by atoms with Crippen molar-refractivity contribution in [2.75, 3.05) is 6.26 Å². The first kappa shape index (κ1) is 20.2. The van der Waals surface area contributed by atoms with E-state index in [1.807, 2.05) is 20.1 Å². The summed E-state index contributed by atoms with van der Waals surface area (Å²) in [5.41, 5.74) is 2.87. The van der Waals surface area contributed by atoms with Gasteiger partial charge >= 0.3 is 0 Å². The number of hydrogen-bond acceptors (Lipinski definition) is 5. The summed E-state index contributed by atoms with van der Waals surface area (Å²) in [6.07, 6.45) is 2.58. The van der Waals surface area contributed by atoms with Crippen molar-refractivity contribution in [2.24, 2.45) is 0 Å². The zero-order valence-electron chi connectivity index (χ0n) is 16.1. The molecule has 0 radical (unpaired) electrons. The molecule has 1 amide bonds. The highest BCUT2D eigenvalue weighted by molar-refractivity contribution is 7.98. The molecule has 3 rings (SSSR count). The minimum Gasteiger partial charge on any atom is -0.349 e. The van der Waals surface area contributed by atoms with Gasteiger partial charge in [0.15, 0.2) is 0 Å². The van der Waals surface area contributed by atoms with E-state index in [0.29, 0.717) is 17.4 Å². The van der Waals surface area contributed by atoms with Gasteiger partial charge < -0.3 is 5.32 Å². The molecule has 3 aromatic rings. The number of rotatable bonds is 6. The van der Waals surface area contributed by atoms with Gasteiger partial charge in [-0.1, -0.05) is 17.8 Å². The average Bonchev–Trinajstić information content (AvgIpc) is 3.04. The van der Waals surface area contributed by atoms with Gasteiger partial charge in [0.1, 0.15) is 11.6 Å². The summed E-state index contributed by atoms with van der Waals surface area (Å²) in [7, 11) is 0. The van der Waals surface area contributed by atoms with Crippen LogP contribution in [0.25, 0.3) is 5.78 Å². The van der Waals surface area contributed by atoms with Crippen molar-refractivity contribution in [2.45, 2.75) is 44.8 Å². The van der Waals surface area contributed by atoms with Crippen molar-refractivity contribution in [3.8, 4) is 0 Å². The molecule has 148 valence electrons. The number of carbonyl (C=O) groups excluding carboxylic acids is 1. The summed E-state index contributed by atoms with van der Waals surface area (Å²) >= 11 is 1.44. The van der Waals surface area contributed by atoms with Crippen LogP contribution >= 0.6 is 11.8 Å². The van der Waals surface area contributed by atoms with Crippen molar-refractivity contribution >= 4 is 23.4 Å². The lowest BCUT2D eigenvalue weighted by molar-refractivity contribution is -0.121. The van der Waals surface area contributed by atoms with Crippen LogP contribution in [-0.2, 0) is 11.2 Å². The fraction of sp³-hybridized carbons (Fsp3) is 0.368. The first-order chi connectivity index (χ1) is 13.3. The Bertz CT molecular complexity index is 1040. The first-order valence-corrected chi connectivity index (χ1v) is 10.0. The molecule has 2 heterocycles. The van der Waals surface area contributed by atoms with E-state index < -0.39 is 17.7 Å². The highest BCUT2D eigenvalue weighted by atomic mass is 32.2. The Balaban J connectivity index is 1.70. The summed E-state index contributed by atoms with van der Waals surface area (Å²) in [6, 6.07) is 2.77. The minimum absolute atomic E-state index is 0.214. The van der Waals surface area contributed by atoms with Gasteiger partial charge in [0.05, 0.1) is 6.04 Å². The number of hydrogen-bond donors (Lipinski definition) is 1. The smallest absolute Gasteiger partial charge is 0.253 e. The fourth-order valence-electron chi connectivity index (χ4n) is 3.12. The number of nitrogens with zero attached hydrogens (tertiary/aromatic N) is 4. The number of fused-ring (bicyclic) bond motifs is 1. The van der Waals surface area contributed by atoms with Crippen LogP contribution in [-0.4, -0.2) is 31.7 Å². The summed E-state index contributed by atoms with van der Waals surface area (Å²) in [5, 5.41) is 7.79. The molecule has 6 nitrogen and oxygen atoms in total. The molecule has 2 aromatic heterocycles. The van der Waals surface area contributed by atoms with Crippen LogP contribution in [0.3, 0.4) is 0 Å². The molecule has 0 aliphatic carbocycles. The van der Waals surface area contributed by atoms with E-state index in [0.717, 1.165) is 23.0 Å². The van der Waals surface area contributed by atoms with Crippen LogP contribution in [0.2, 0.25) is 0 Å². The molecular weight excluding hydrogens is 384 g/mol. The Labute approximate surface area is 165 Å². The number of nitrogens with one attached hydrogen (secondary N) is 1. The van der Waals surface area contributed by atoms with Crippen LogP contribution in [0.15, 0.2) is 23.4 Å². The Morgan fingerprint density at radius 3 is 2.71 bits per heavy atom. The number of halogens is 2. The predicted octanol–water partition coefficient (Wildman–Crippen LogP) is 3.55. The standard InChI is InChI=1S/C19H21F2N5OS/c1-10-14(12(3)26-18(23-10)24-19(25-26)28-4)7-8-17(27)22-11(2)15-6-5-13(20)9-16(15)21/h5-6,9,11H,7-8H2,1-4H3,(H,22,27)/t11-/m1/s1. The van der Waals surface area contributed by atoms with Gasteiger partial charge in [-0.15, -0.1) is 5.10 Å². The maximum Gasteiger partial charge on any atom is 0.253 e. The Morgan fingerprint density at radius 2 is 2.04 bits per heavy atom. The third kappa shape index (κ3) is 4.14. The topological polar surface area (TPSA) is 72.2 Å². The molecule has 1 atom stereocenters. The van der Waals surface area contributed by atoms with Gasteiger partial charge in [0, 0.05) is 29.4 Å².